The van der Waals surface area contributed by atoms with Crippen molar-refractivity contribution in [3.8, 4) is 12.1 Å². The summed E-state index contributed by atoms with van der Waals surface area (Å²) in [7, 11) is 0. The molecule has 3 unspecified atom stereocenters. The molecule has 0 aliphatic carbocycles. The van der Waals surface area contributed by atoms with Gasteiger partial charge in [-0.3, -0.25) is 10.1 Å². The van der Waals surface area contributed by atoms with E-state index in [1.165, 1.54) is 12.1 Å². The SMILES string of the molecule is Cc1ccc(C2C(c3cccc([N+](=O)[O-])c3)C(C#N)(C#N)C3c4ccccc4C=CN23)c(C)c1. The van der Waals surface area contributed by atoms with Gasteiger partial charge in [0.25, 0.3) is 5.69 Å². The summed E-state index contributed by atoms with van der Waals surface area (Å²) in [4.78, 5) is 13.3. The summed E-state index contributed by atoms with van der Waals surface area (Å²) < 4.78 is 0. The Hall–Kier alpha value is -4.42. The highest BCUT2D eigenvalue weighted by atomic mass is 16.6. The molecule has 3 aromatic rings. The minimum absolute atomic E-state index is 0.0533. The van der Waals surface area contributed by atoms with E-state index in [0.717, 1.165) is 27.8 Å². The average molecular weight is 447 g/mol. The highest BCUT2D eigenvalue weighted by Crippen LogP contribution is 2.64. The predicted octanol–water partition coefficient (Wildman–Crippen LogP) is 6.11. The van der Waals surface area contributed by atoms with Crippen LogP contribution in [0.2, 0.25) is 0 Å². The quantitative estimate of drug-likeness (QED) is 0.357. The minimum atomic E-state index is -1.46. The van der Waals surface area contributed by atoms with Gasteiger partial charge in [-0.1, -0.05) is 60.2 Å². The number of hydrogen-bond donors (Lipinski definition) is 0. The number of nitrogens with zero attached hydrogens (tertiary/aromatic N) is 4. The standard InChI is InChI=1S/C28H22N4O2/c1-18-10-11-23(19(2)14-18)26-25(21-7-5-8-22(15-21)32(33)34)28(16-29,17-30)27-24-9-4-3-6-20(24)12-13-31(26)27/h3-15,25-27H,1-2H3. The molecule has 1 saturated heterocycles. The van der Waals surface area contributed by atoms with E-state index in [4.69, 9.17) is 0 Å². The van der Waals surface area contributed by atoms with Crippen LogP contribution in [0.1, 0.15) is 51.4 Å². The highest BCUT2D eigenvalue weighted by Gasteiger charge is 2.62. The smallest absolute Gasteiger partial charge is 0.269 e. The second-order valence-electron chi connectivity index (χ2n) is 9.02. The summed E-state index contributed by atoms with van der Waals surface area (Å²) in [5.41, 5.74) is 4.16. The Labute approximate surface area is 198 Å². The Morgan fingerprint density at radius 1 is 0.971 bits per heavy atom. The molecule has 6 heteroatoms. The molecule has 3 atom stereocenters. The van der Waals surface area contributed by atoms with E-state index in [1.807, 2.05) is 56.5 Å². The number of fused-ring (bicyclic) bond motifs is 3. The van der Waals surface area contributed by atoms with Gasteiger partial charge in [0.1, 0.15) is 0 Å². The van der Waals surface area contributed by atoms with Crippen LogP contribution in [0.3, 0.4) is 0 Å². The lowest BCUT2D eigenvalue weighted by atomic mass is 9.67. The van der Waals surface area contributed by atoms with Crippen molar-refractivity contribution in [1.82, 2.24) is 4.90 Å². The summed E-state index contributed by atoms with van der Waals surface area (Å²) in [5.74, 6) is -0.607. The molecule has 5 rings (SSSR count). The van der Waals surface area contributed by atoms with Crippen molar-refractivity contribution < 1.29 is 4.92 Å². The first-order chi connectivity index (χ1) is 16.4. The van der Waals surface area contributed by atoms with Gasteiger partial charge in [-0.2, -0.15) is 10.5 Å². The molecule has 0 spiro atoms. The van der Waals surface area contributed by atoms with Gasteiger partial charge in [0.2, 0.25) is 0 Å². The van der Waals surface area contributed by atoms with Crippen molar-refractivity contribution in [2.75, 3.05) is 0 Å². The van der Waals surface area contributed by atoms with Crippen LogP contribution in [0.5, 0.6) is 0 Å². The molecule has 0 bridgehead atoms. The molecule has 6 nitrogen and oxygen atoms in total. The zero-order chi connectivity index (χ0) is 24.0. The first-order valence-corrected chi connectivity index (χ1v) is 11.1. The lowest BCUT2D eigenvalue weighted by molar-refractivity contribution is -0.384. The lowest BCUT2D eigenvalue weighted by Crippen LogP contribution is -2.31. The van der Waals surface area contributed by atoms with Crippen molar-refractivity contribution in [2.24, 2.45) is 5.41 Å². The third-order valence-electron chi connectivity index (χ3n) is 7.13. The predicted molar refractivity (Wildman–Crippen MR) is 128 cm³/mol. The van der Waals surface area contributed by atoms with Crippen LogP contribution in [0.4, 0.5) is 5.69 Å². The van der Waals surface area contributed by atoms with Crippen molar-refractivity contribution in [3.05, 3.63) is 116 Å². The second-order valence-corrected chi connectivity index (χ2v) is 9.02. The maximum absolute atomic E-state index is 11.6. The molecule has 0 aromatic heterocycles. The number of hydrogen-bond acceptors (Lipinski definition) is 5. The Kier molecular flexibility index (Phi) is 4.96. The number of non-ortho nitro benzene ring substituents is 1. The van der Waals surface area contributed by atoms with Crippen LogP contribution in [0.25, 0.3) is 6.08 Å². The van der Waals surface area contributed by atoms with E-state index in [9.17, 15) is 20.6 Å². The molecule has 166 valence electrons. The first kappa shape index (κ1) is 21.4. The summed E-state index contributed by atoms with van der Waals surface area (Å²) in [6.45, 7) is 4.06. The fourth-order valence-corrected chi connectivity index (χ4v) is 5.71. The lowest BCUT2D eigenvalue weighted by Gasteiger charge is -2.35. The number of nitro benzene ring substituents is 1. The van der Waals surface area contributed by atoms with Crippen LogP contribution < -0.4 is 0 Å². The maximum Gasteiger partial charge on any atom is 0.269 e. The molecule has 2 aliphatic rings. The fraction of sp³-hybridized carbons (Fsp3) is 0.214. The summed E-state index contributed by atoms with van der Waals surface area (Å²) in [6.07, 6.45) is 3.98. The van der Waals surface area contributed by atoms with Crippen molar-refractivity contribution in [3.63, 3.8) is 0 Å². The average Bonchev–Trinajstić information content (AvgIpc) is 3.15. The van der Waals surface area contributed by atoms with E-state index >= 15 is 0 Å². The maximum atomic E-state index is 11.6. The fourth-order valence-electron chi connectivity index (χ4n) is 5.71. The molecule has 0 amide bonds. The van der Waals surface area contributed by atoms with Gasteiger partial charge < -0.3 is 4.90 Å². The Morgan fingerprint density at radius 3 is 2.44 bits per heavy atom. The zero-order valence-electron chi connectivity index (χ0n) is 18.8. The van der Waals surface area contributed by atoms with Crippen LogP contribution in [0.15, 0.2) is 72.9 Å². The molecule has 0 radical (unpaired) electrons. The number of nitriles is 2. The topological polar surface area (TPSA) is 94.0 Å². The van der Waals surface area contributed by atoms with Gasteiger partial charge in [-0.05, 0) is 47.7 Å². The van der Waals surface area contributed by atoms with Gasteiger partial charge in [0, 0.05) is 24.3 Å². The summed E-state index contributed by atoms with van der Waals surface area (Å²) in [5, 5.41) is 32.8. The van der Waals surface area contributed by atoms with Crippen LogP contribution in [-0.2, 0) is 0 Å². The normalized spacial score (nSPS) is 21.8. The van der Waals surface area contributed by atoms with E-state index in [0.29, 0.717) is 5.56 Å². The molecule has 2 aliphatic heterocycles. The largest absolute Gasteiger partial charge is 0.360 e. The summed E-state index contributed by atoms with van der Waals surface area (Å²) >= 11 is 0. The van der Waals surface area contributed by atoms with Gasteiger partial charge in [-0.15, -0.1) is 0 Å². The van der Waals surface area contributed by atoms with Crippen LogP contribution >= 0.6 is 0 Å². The van der Waals surface area contributed by atoms with Crippen molar-refractivity contribution >= 4 is 11.8 Å². The third kappa shape index (κ3) is 3.00. The third-order valence-corrected chi connectivity index (χ3v) is 7.13. The molecular formula is C28H22N4O2. The molecule has 0 saturated carbocycles. The van der Waals surface area contributed by atoms with Gasteiger partial charge in [0.15, 0.2) is 5.41 Å². The van der Waals surface area contributed by atoms with E-state index in [2.05, 4.69) is 29.2 Å². The van der Waals surface area contributed by atoms with Gasteiger partial charge in [0.05, 0.1) is 29.1 Å². The van der Waals surface area contributed by atoms with E-state index in [1.54, 1.807) is 12.1 Å². The van der Waals surface area contributed by atoms with Crippen molar-refractivity contribution in [2.45, 2.75) is 31.8 Å². The molecule has 2 heterocycles. The molecule has 0 N–H and O–H groups in total. The number of rotatable bonds is 3. The molecule has 3 aromatic carbocycles. The minimum Gasteiger partial charge on any atom is -0.360 e. The van der Waals surface area contributed by atoms with Crippen molar-refractivity contribution in [1.29, 1.82) is 10.5 Å². The van der Waals surface area contributed by atoms with Gasteiger partial charge in [-0.25, -0.2) is 0 Å². The second kappa shape index (κ2) is 7.86. The first-order valence-electron chi connectivity index (χ1n) is 11.1. The molecular weight excluding hydrogens is 424 g/mol. The van der Waals surface area contributed by atoms with Gasteiger partial charge >= 0.3 is 0 Å². The molecule has 1 fully saturated rings. The number of benzene rings is 3. The highest BCUT2D eigenvalue weighted by molar-refractivity contribution is 5.61. The Morgan fingerprint density at radius 2 is 1.74 bits per heavy atom. The van der Waals surface area contributed by atoms with Crippen LogP contribution in [0, 0.1) is 52.0 Å². The molecule has 34 heavy (non-hydrogen) atoms. The van der Waals surface area contributed by atoms with Crippen LogP contribution in [-0.4, -0.2) is 9.82 Å². The Balaban J connectivity index is 1.83. The Bertz CT molecular complexity index is 1410. The summed E-state index contributed by atoms with van der Waals surface area (Å²) in [6, 6.07) is 24.3. The van der Waals surface area contributed by atoms with E-state index < -0.39 is 22.3 Å². The van der Waals surface area contributed by atoms with E-state index in [-0.39, 0.29) is 11.7 Å². The number of aryl methyl sites for hydroxylation is 2. The monoisotopic (exact) mass is 446 g/mol. The number of nitro groups is 1. The zero-order valence-corrected chi connectivity index (χ0v) is 18.8.